The van der Waals surface area contributed by atoms with Crippen LogP contribution in [0, 0.1) is 10.1 Å². The molecule has 0 unspecified atom stereocenters. The number of benzene rings is 2. The van der Waals surface area contributed by atoms with E-state index in [1.54, 1.807) is 0 Å². The van der Waals surface area contributed by atoms with Gasteiger partial charge in [0.05, 0.1) is 16.0 Å². The fourth-order valence-corrected chi connectivity index (χ4v) is 3.07. The van der Waals surface area contributed by atoms with Crippen LogP contribution in [0.1, 0.15) is 40.4 Å². The minimum Gasteiger partial charge on any atom is -0.508 e. The van der Waals surface area contributed by atoms with Crippen molar-refractivity contribution in [1.29, 1.82) is 0 Å². The van der Waals surface area contributed by atoms with Gasteiger partial charge in [-0.05, 0) is 31.0 Å². The van der Waals surface area contributed by atoms with Crippen molar-refractivity contribution in [3.8, 4) is 5.75 Å². The van der Waals surface area contributed by atoms with Crippen LogP contribution in [0.15, 0.2) is 48.5 Å². The van der Waals surface area contributed by atoms with Gasteiger partial charge in [-0.15, -0.1) is 0 Å². The van der Waals surface area contributed by atoms with Gasteiger partial charge >= 0.3 is 0 Å². The summed E-state index contributed by atoms with van der Waals surface area (Å²) in [5, 5.41) is 24.3. The molecule has 3 aromatic rings. The number of nitrogens with one attached hydrogen (secondary N) is 1. The number of carbonyl (C=O) groups is 1. The number of nitro groups is 1. The van der Waals surface area contributed by atoms with E-state index in [1.807, 2.05) is 30.3 Å². The number of nitrogens with zero attached hydrogens (tertiary/aromatic N) is 2. The lowest BCUT2D eigenvalue weighted by Gasteiger charge is -2.11. The molecule has 27 heavy (non-hydrogen) atoms. The topological polar surface area (TPSA) is 105 Å². The molecule has 1 saturated carbocycles. The van der Waals surface area contributed by atoms with E-state index < -0.39 is 4.92 Å². The molecule has 1 aliphatic carbocycles. The lowest BCUT2D eigenvalue weighted by atomic mass is 10.0. The van der Waals surface area contributed by atoms with Crippen LogP contribution in [-0.4, -0.2) is 20.9 Å². The lowest BCUT2D eigenvalue weighted by Crippen LogP contribution is -2.23. The first-order chi connectivity index (χ1) is 13.0. The molecule has 7 nitrogen and oxygen atoms in total. The third-order valence-electron chi connectivity index (χ3n) is 4.69. The van der Waals surface area contributed by atoms with Gasteiger partial charge in [0, 0.05) is 41.2 Å². The Balaban J connectivity index is 1.62. The van der Waals surface area contributed by atoms with Gasteiger partial charge in [-0.3, -0.25) is 19.9 Å². The van der Waals surface area contributed by atoms with E-state index in [4.69, 9.17) is 0 Å². The van der Waals surface area contributed by atoms with E-state index in [9.17, 15) is 20.0 Å². The first-order valence-electron chi connectivity index (χ1n) is 8.67. The Labute approximate surface area is 154 Å². The smallest absolute Gasteiger partial charge is 0.270 e. The van der Waals surface area contributed by atoms with Crippen LogP contribution in [0.5, 0.6) is 5.75 Å². The summed E-state index contributed by atoms with van der Waals surface area (Å²) in [6.07, 6.45) is 2.15. The van der Waals surface area contributed by atoms with Crippen molar-refractivity contribution in [2.45, 2.75) is 25.3 Å². The van der Waals surface area contributed by atoms with Crippen LogP contribution < -0.4 is 5.32 Å². The maximum absolute atomic E-state index is 12.8. The number of aromatic nitrogens is 1. The Morgan fingerprint density at radius 1 is 1.22 bits per heavy atom. The van der Waals surface area contributed by atoms with Crippen LogP contribution in [0.3, 0.4) is 0 Å². The van der Waals surface area contributed by atoms with E-state index in [-0.39, 0.29) is 23.9 Å². The molecule has 0 aliphatic heterocycles. The summed E-state index contributed by atoms with van der Waals surface area (Å²) in [6.45, 7) is -0.0121. The molecule has 2 aromatic carbocycles. The van der Waals surface area contributed by atoms with Crippen LogP contribution in [0.2, 0.25) is 0 Å². The Bertz CT molecular complexity index is 1060. The Kier molecular flexibility index (Phi) is 4.19. The van der Waals surface area contributed by atoms with Crippen molar-refractivity contribution in [3.63, 3.8) is 0 Å². The molecule has 1 aliphatic rings. The summed E-state index contributed by atoms with van der Waals surface area (Å²) in [7, 11) is 0. The fourth-order valence-electron chi connectivity index (χ4n) is 3.07. The van der Waals surface area contributed by atoms with E-state index in [2.05, 4.69) is 10.3 Å². The van der Waals surface area contributed by atoms with Crippen molar-refractivity contribution < 1.29 is 14.8 Å². The van der Waals surface area contributed by atoms with Gasteiger partial charge < -0.3 is 10.4 Å². The molecule has 136 valence electrons. The van der Waals surface area contributed by atoms with Crippen molar-refractivity contribution in [3.05, 3.63) is 75.5 Å². The Morgan fingerprint density at radius 3 is 2.74 bits per heavy atom. The largest absolute Gasteiger partial charge is 0.508 e. The van der Waals surface area contributed by atoms with Gasteiger partial charge in [0.25, 0.3) is 11.6 Å². The maximum atomic E-state index is 12.8. The lowest BCUT2D eigenvalue weighted by molar-refractivity contribution is -0.384. The first kappa shape index (κ1) is 17.0. The normalized spacial score (nSPS) is 13.5. The van der Waals surface area contributed by atoms with E-state index >= 15 is 0 Å². The highest BCUT2D eigenvalue weighted by Crippen LogP contribution is 2.40. The zero-order chi connectivity index (χ0) is 19.0. The monoisotopic (exact) mass is 363 g/mol. The summed E-state index contributed by atoms with van der Waals surface area (Å²) < 4.78 is 0. The summed E-state index contributed by atoms with van der Waals surface area (Å²) in [4.78, 5) is 27.8. The number of rotatable bonds is 5. The van der Waals surface area contributed by atoms with Gasteiger partial charge in [-0.2, -0.15) is 0 Å². The predicted molar refractivity (Wildman–Crippen MR) is 99.6 cm³/mol. The molecule has 0 spiro atoms. The minimum absolute atomic E-state index is 0.0121. The Hall–Kier alpha value is -3.48. The van der Waals surface area contributed by atoms with E-state index in [1.165, 1.54) is 18.2 Å². The standard InChI is InChI=1S/C20H17N3O4/c24-19-8-7-14(23(26)27)9-13(19)11-21-20(25)16-10-18(12-5-6-12)22-17-4-2-1-3-15(16)17/h1-4,7-10,12,24H,5-6,11H2,(H,21,25). The van der Waals surface area contributed by atoms with E-state index in [0.717, 1.165) is 29.4 Å². The highest BCUT2D eigenvalue weighted by atomic mass is 16.6. The molecule has 7 heteroatoms. The predicted octanol–water partition coefficient (Wildman–Crippen LogP) is 3.66. The third-order valence-corrected chi connectivity index (χ3v) is 4.69. The molecular formula is C20H17N3O4. The summed E-state index contributed by atoms with van der Waals surface area (Å²) in [5.41, 5.74) is 2.36. The maximum Gasteiger partial charge on any atom is 0.270 e. The molecule has 0 atom stereocenters. The average molecular weight is 363 g/mol. The molecule has 0 saturated heterocycles. The number of para-hydroxylation sites is 1. The summed E-state index contributed by atoms with van der Waals surface area (Å²) in [5.74, 6) is 0.00235. The zero-order valence-electron chi connectivity index (χ0n) is 14.4. The molecule has 4 rings (SSSR count). The molecule has 1 heterocycles. The van der Waals surface area contributed by atoms with Gasteiger partial charge in [-0.1, -0.05) is 18.2 Å². The van der Waals surface area contributed by atoms with E-state index in [0.29, 0.717) is 17.0 Å². The number of fused-ring (bicyclic) bond motifs is 1. The molecule has 0 bridgehead atoms. The molecular weight excluding hydrogens is 346 g/mol. The minimum atomic E-state index is -0.539. The Morgan fingerprint density at radius 2 is 2.00 bits per heavy atom. The second-order valence-electron chi connectivity index (χ2n) is 6.64. The third kappa shape index (κ3) is 3.44. The van der Waals surface area contributed by atoms with Gasteiger partial charge in [-0.25, -0.2) is 0 Å². The van der Waals surface area contributed by atoms with Crippen molar-refractivity contribution >= 4 is 22.5 Å². The number of nitro benzene ring substituents is 1. The fraction of sp³-hybridized carbons (Fsp3) is 0.200. The number of aromatic hydroxyl groups is 1. The number of hydrogen-bond donors (Lipinski definition) is 2. The molecule has 0 radical (unpaired) electrons. The number of pyridine rings is 1. The summed E-state index contributed by atoms with van der Waals surface area (Å²) in [6, 6.07) is 13.0. The van der Waals surface area contributed by atoms with Crippen molar-refractivity contribution in [2.24, 2.45) is 0 Å². The molecule has 1 amide bonds. The second kappa shape index (κ2) is 6.68. The number of non-ortho nitro benzene ring substituents is 1. The molecule has 1 aromatic heterocycles. The van der Waals surface area contributed by atoms with Crippen LogP contribution in [0.25, 0.3) is 10.9 Å². The number of hydrogen-bond acceptors (Lipinski definition) is 5. The van der Waals surface area contributed by atoms with Crippen LogP contribution in [-0.2, 0) is 6.54 Å². The molecule has 1 fully saturated rings. The number of phenols is 1. The number of phenolic OH excluding ortho intramolecular Hbond substituents is 1. The van der Waals surface area contributed by atoms with Crippen LogP contribution >= 0.6 is 0 Å². The molecule has 2 N–H and O–H groups in total. The van der Waals surface area contributed by atoms with Gasteiger partial charge in [0.15, 0.2) is 0 Å². The SMILES string of the molecule is O=C(NCc1cc([N+](=O)[O-])ccc1O)c1cc(C2CC2)nc2ccccc12. The van der Waals surface area contributed by atoms with Crippen molar-refractivity contribution in [2.75, 3.05) is 0 Å². The number of carbonyl (C=O) groups excluding carboxylic acids is 1. The highest BCUT2D eigenvalue weighted by Gasteiger charge is 2.27. The zero-order valence-corrected chi connectivity index (χ0v) is 14.4. The summed E-state index contributed by atoms with van der Waals surface area (Å²) >= 11 is 0. The van der Waals surface area contributed by atoms with Gasteiger partial charge in [0.2, 0.25) is 0 Å². The second-order valence-corrected chi connectivity index (χ2v) is 6.64. The number of amides is 1. The average Bonchev–Trinajstić information content (AvgIpc) is 3.51. The van der Waals surface area contributed by atoms with Crippen LogP contribution in [0.4, 0.5) is 5.69 Å². The van der Waals surface area contributed by atoms with Gasteiger partial charge in [0.1, 0.15) is 5.75 Å². The highest BCUT2D eigenvalue weighted by molar-refractivity contribution is 6.06. The van der Waals surface area contributed by atoms with Crippen molar-refractivity contribution in [1.82, 2.24) is 10.3 Å². The first-order valence-corrected chi connectivity index (χ1v) is 8.67. The quantitative estimate of drug-likeness (QED) is 0.532.